The first-order valence-electron chi connectivity index (χ1n) is 6.52. The molecule has 0 spiro atoms. The maximum Gasteiger partial charge on any atom is 0.120 e. The van der Waals surface area contributed by atoms with Gasteiger partial charge in [-0.05, 0) is 30.3 Å². The fraction of sp³-hybridized carbons (Fsp3) is 0.188. The number of phenolic OH excluding ortho intramolecular Hbond substituents is 1. The highest BCUT2D eigenvalue weighted by Gasteiger charge is 2.31. The quantitative estimate of drug-likeness (QED) is 0.846. The van der Waals surface area contributed by atoms with E-state index < -0.39 is 0 Å². The molecular weight excluding hydrogens is 302 g/mol. The van der Waals surface area contributed by atoms with Crippen LogP contribution in [0.25, 0.3) is 0 Å². The van der Waals surface area contributed by atoms with E-state index in [1.165, 1.54) is 0 Å². The predicted molar refractivity (Wildman–Crippen MR) is 90.7 cm³/mol. The van der Waals surface area contributed by atoms with Crippen LogP contribution in [0.4, 0.5) is 5.69 Å². The predicted octanol–water partition coefficient (Wildman–Crippen LogP) is 4.01. The number of nitrogens with zero attached hydrogens (tertiary/aromatic N) is 1. The third-order valence-corrected chi connectivity index (χ3v) is 5.51. The lowest BCUT2D eigenvalue weighted by Crippen LogP contribution is -2.32. The van der Waals surface area contributed by atoms with Gasteiger partial charge in [-0.3, -0.25) is 0 Å². The Morgan fingerprint density at radius 1 is 1.24 bits per heavy atom. The van der Waals surface area contributed by atoms with Crippen molar-refractivity contribution < 1.29 is 9.84 Å². The Balaban J connectivity index is 2.06. The van der Waals surface area contributed by atoms with Crippen molar-refractivity contribution in [2.75, 3.05) is 19.1 Å². The molecule has 0 aromatic heterocycles. The first-order valence-corrected chi connectivity index (χ1v) is 7.80. The second-order valence-electron chi connectivity index (χ2n) is 4.79. The number of methoxy groups -OCH3 is 1. The van der Waals surface area contributed by atoms with Gasteiger partial charge >= 0.3 is 0 Å². The molecule has 5 heteroatoms. The van der Waals surface area contributed by atoms with E-state index in [4.69, 9.17) is 17.0 Å². The van der Waals surface area contributed by atoms with Crippen molar-refractivity contribution in [2.24, 2.45) is 0 Å². The number of benzene rings is 2. The van der Waals surface area contributed by atoms with Gasteiger partial charge in [-0.1, -0.05) is 24.4 Å². The number of ether oxygens (including phenoxy) is 1. The number of hydrogen-bond acceptors (Lipinski definition) is 4. The maximum atomic E-state index is 10.2. The van der Waals surface area contributed by atoms with Crippen LogP contribution in [0.15, 0.2) is 47.4 Å². The van der Waals surface area contributed by atoms with Crippen molar-refractivity contribution >= 4 is 34.7 Å². The monoisotopic (exact) mass is 317 g/mol. The smallest absolute Gasteiger partial charge is 0.120 e. The summed E-state index contributed by atoms with van der Waals surface area (Å²) < 4.78 is 5.25. The number of fused-ring (bicyclic) bond motifs is 1. The first-order chi connectivity index (χ1) is 10.1. The SMILES string of the molecule is COc1ccc(O)c(C2Sc3ccccc3N(C)C2=S)c1. The summed E-state index contributed by atoms with van der Waals surface area (Å²) in [6.07, 6.45) is 0. The molecule has 0 radical (unpaired) electrons. The third-order valence-electron chi connectivity index (χ3n) is 3.54. The van der Waals surface area contributed by atoms with Gasteiger partial charge in [0, 0.05) is 17.5 Å². The summed E-state index contributed by atoms with van der Waals surface area (Å²) in [5.41, 5.74) is 1.89. The van der Waals surface area contributed by atoms with Crippen LogP contribution in [0.2, 0.25) is 0 Å². The van der Waals surface area contributed by atoms with Gasteiger partial charge in [-0.15, -0.1) is 11.8 Å². The number of thiocarbonyl (C=S) groups is 1. The zero-order valence-electron chi connectivity index (χ0n) is 11.7. The molecule has 1 heterocycles. The highest BCUT2D eigenvalue weighted by atomic mass is 32.2. The van der Waals surface area contributed by atoms with Gasteiger partial charge in [0.2, 0.25) is 0 Å². The number of thioether (sulfide) groups is 1. The zero-order valence-corrected chi connectivity index (χ0v) is 13.4. The second kappa shape index (κ2) is 5.58. The van der Waals surface area contributed by atoms with Crippen LogP contribution < -0.4 is 9.64 Å². The van der Waals surface area contributed by atoms with Crippen molar-refractivity contribution in [3.63, 3.8) is 0 Å². The second-order valence-corrected chi connectivity index (χ2v) is 6.35. The van der Waals surface area contributed by atoms with Gasteiger partial charge in [0.05, 0.1) is 18.0 Å². The average molecular weight is 317 g/mol. The first kappa shape index (κ1) is 14.2. The van der Waals surface area contributed by atoms with E-state index in [1.54, 1.807) is 31.0 Å². The van der Waals surface area contributed by atoms with Gasteiger partial charge in [0.1, 0.15) is 16.5 Å². The fourth-order valence-electron chi connectivity index (χ4n) is 2.37. The van der Waals surface area contributed by atoms with E-state index in [2.05, 4.69) is 12.1 Å². The topological polar surface area (TPSA) is 32.7 Å². The van der Waals surface area contributed by atoms with E-state index in [1.807, 2.05) is 30.1 Å². The van der Waals surface area contributed by atoms with E-state index in [0.29, 0.717) is 5.75 Å². The summed E-state index contributed by atoms with van der Waals surface area (Å²) in [4.78, 5) is 3.94. The highest BCUT2D eigenvalue weighted by Crippen LogP contribution is 2.48. The molecule has 21 heavy (non-hydrogen) atoms. The molecule has 0 fully saturated rings. The van der Waals surface area contributed by atoms with Gasteiger partial charge in [0.25, 0.3) is 0 Å². The Hall–Kier alpha value is -1.72. The lowest BCUT2D eigenvalue weighted by atomic mass is 10.1. The molecular formula is C16H15NO2S2. The molecule has 0 bridgehead atoms. The third kappa shape index (κ3) is 2.47. The van der Waals surface area contributed by atoms with Crippen molar-refractivity contribution in [1.82, 2.24) is 0 Å². The molecule has 1 atom stereocenters. The molecule has 0 aliphatic carbocycles. The molecule has 1 aliphatic rings. The molecule has 0 saturated carbocycles. The molecule has 1 aliphatic heterocycles. The van der Waals surface area contributed by atoms with Crippen LogP contribution in [0, 0.1) is 0 Å². The Labute approximate surface area is 133 Å². The number of likely N-dealkylation sites (N-methyl/N-ethyl adjacent to an activating group) is 1. The summed E-state index contributed by atoms with van der Waals surface area (Å²) in [7, 11) is 3.58. The summed E-state index contributed by atoms with van der Waals surface area (Å²) in [5, 5.41) is 10.1. The minimum Gasteiger partial charge on any atom is -0.508 e. The number of para-hydroxylation sites is 1. The molecule has 3 nitrogen and oxygen atoms in total. The van der Waals surface area contributed by atoms with Crippen LogP contribution in [0.1, 0.15) is 10.8 Å². The van der Waals surface area contributed by atoms with Crippen molar-refractivity contribution in [3.8, 4) is 11.5 Å². The van der Waals surface area contributed by atoms with E-state index in [0.717, 1.165) is 21.1 Å². The maximum absolute atomic E-state index is 10.2. The number of rotatable bonds is 2. The normalized spacial score (nSPS) is 17.5. The van der Waals surface area contributed by atoms with Gasteiger partial charge in [-0.25, -0.2) is 0 Å². The van der Waals surface area contributed by atoms with Crippen molar-refractivity contribution in [3.05, 3.63) is 48.0 Å². The standard InChI is InChI=1S/C16H15NO2S2/c1-17-12-5-3-4-6-14(12)21-15(16(17)20)11-9-10(19-2)7-8-13(11)18/h3-9,15,18H,1-2H3. The number of anilines is 1. The van der Waals surface area contributed by atoms with E-state index in [-0.39, 0.29) is 11.0 Å². The number of phenols is 1. The molecule has 3 rings (SSSR count). The minimum absolute atomic E-state index is 0.102. The Bertz CT molecular complexity index is 702. The molecule has 0 amide bonds. The van der Waals surface area contributed by atoms with Gasteiger partial charge < -0.3 is 14.7 Å². The van der Waals surface area contributed by atoms with Crippen LogP contribution in [0.5, 0.6) is 11.5 Å². The van der Waals surface area contributed by atoms with Crippen molar-refractivity contribution in [2.45, 2.75) is 10.1 Å². The van der Waals surface area contributed by atoms with Crippen molar-refractivity contribution in [1.29, 1.82) is 0 Å². The minimum atomic E-state index is -0.102. The van der Waals surface area contributed by atoms with Crippen LogP contribution in [-0.2, 0) is 0 Å². The van der Waals surface area contributed by atoms with Crippen LogP contribution >= 0.6 is 24.0 Å². The zero-order chi connectivity index (χ0) is 15.0. The summed E-state index contributed by atoms with van der Waals surface area (Å²) in [5.74, 6) is 0.955. The number of aromatic hydroxyl groups is 1. The summed E-state index contributed by atoms with van der Waals surface area (Å²) >= 11 is 7.26. The molecule has 0 saturated heterocycles. The molecule has 2 aromatic carbocycles. The lowest BCUT2D eigenvalue weighted by molar-refractivity contribution is 0.411. The summed E-state index contributed by atoms with van der Waals surface area (Å²) in [6.45, 7) is 0. The highest BCUT2D eigenvalue weighted by molar-refractivity contribution is 8.01. The Morgan fingerprint density at radius 3 is 2.76 bits per heavy atom. The van der Waals surface area contributed by atoms with E-state index in [9.17, 15) is 5.11 Å². The average Bonchev–Trinajstić information content (AvgIpc) is 2.52. The number of hydrogen-bond donors (Lipinski definition) is 1. The molecule has 108 valence electrons. The Kier molecular flexibility index (Phi) is 3.78. The largest absolute Gasteiger partial charge is 0.508 e. The fourth-order valence-corrected chi connectivity index (χ4v) is 4.05. The van der Waals surface area contributed by atoms with E-state index >= 15 is 0 Å². The van der Waals surface area contributed by atoms with Crippen LogP contribution in [-0.4, -0.2) is 24.3 Å². The van der Waals surface area contributed by atoms with Gasteiger partial charge in [0.15, 0.2) is 0 Å². The van der Waals surface area contributed by atoms with Gasteiger partial charge in [-0.2, -0.15) is 0 Å². The lowest BCUT2D eigenvalue weighted by Gasteiger charge is -2.34. The molecule has 2 aromatic rings. The van der Waals surface area contributed by atoms with Crippen LogP contribution in [0.3, 0.4) is 0 Å². The molecule has 1 unspecified atom stereocenters. The Morgan fingerprint density at radius 2 is 2.00 bits per heavy atom. The molecule has 1 N–H and O–H groups in total. The summed E-state index contributed by atoms with van der Waals surface area (Å²) in [6, 6.07) is 13.4.